The number of H-pyrrole nitrogens is 1. The van der Waals surface area contributed by atoms with Gasteiger partial charge in [-0.15, -0.1) is 0 Å². The zero-order chi connectivity index (χ0) is 15.5. The Bertz CT molecular complexity index is 668. The lowest BCUT2D eigenvalue weighted by Crippen LogP contribution is -2.41. The van der Waals surface area contributed by atoms with Crippen LogP contribution in [0.15, 0.2) is 6.33 Å². The quantitative estimate of drug-likeness (QED) is 0.700. The molecule has 1 saturated heterocycles. The van der Waals surface area contributed by atoms with Crippen molar-refractivity contribution in [2.24, 2.45) is 5.92 Å². The van der Waals surface area contributed by atoms with Crippen LogP contribution in [-0.2, 0) is 4.79 Å². The van der Waals surface area contributed by atoms with E-state index in [4.69, 9.17) is 16.7 Å². The van der Waals surface area contributed by atoms with Gasteiger partial charge in [0.05, 0.1) is 12.9 Å². The summed E-state index contributed by atoms with van der Waals surface area (Å²) < 4.78 is 0. The molecule has 0 bridgehead atoms. The molecule has 1 aliphatic heterocycles. The molecule has 0 atom stereocenters. The minimum absolute atomic E-state index is 0.00103. The fraction of sp³-hybridized carbons (Fsp3) is 0.538. The van der Waals surface area contributed by atoms with E-state index in [1.807, 2.05) is 0 Å². The van der Waals surface area contributed by atoms with E-state index in [0.29, 0.717) is 25.3 Å². The highest BCUT2D eigenvalue weighted by Gasteiger charge is 2.27. The summed E-state index contributed by atoms with van der Waals surface area (Å²) >= 11 is 5.95. The zero-order valence-corrected chi connectivity index (χ0v) is 12.7. The first-order valence-corrected chi connectivity index (χ1v) is 7.57. The number of rotatable bonds is 4. The van der Waals surface area contributed by atoms with Crippen LogP contribution in [-0.4, -0.2) is 57.2 Å². The van der Waals surface area contributed by atoms with E-state index in [9.17, 15) is 4.79 Å². The van der Waals surface area contributed by atoms with Gasteiger partial charge in [0.2, 0.25) is 11.2 Å². The molecule has 8 nitrogen and oxygen atoms in total. The summed E-state index contributed by atoms with van der Waals surface area (Å²) in [5, 5.41) is 11.6. The predicted molar refractivity (Wildman–Crippen MR) is 81.7 cm³/mol. The average molecular weight is 325 g/mol. The van der Waals surface area contributed by atoms with Gasteiger partial charge in [0, 0.05) is 25.6 Å². The van der Waals surface area contributed by atoms with Gasteiger partial charge in [-0.3, -0.25) is 4.79 Å². The van der Waals surface area contributed by atoms with E-state index in [-0.39, 0.29) is 23.7 Å². The maximum Gasteiger partial charge on any atom is 0.226 e. The van der Waals surface area contributed by atoms with Crippen LogP contribution in [0.1, 0.15) is 12.8 Å². The number of anilines is 1. The van der Waals surface area contributed by atoms with Crippen LogP contribution < -0.4 is 10.2 Å². The van der Waals surface area contributed by atoms with E-state index >= 15 is 0 Å². The van der Waals surface area contributed by atoms with Crippen LogP contribution in [0.4, 0.5) is 5.82 Å². The summed E-state index contributed by atoms with van der Waals surface area (Å²) in [4.78, 5) is 29.5. The number of aliphatic hydroxyl groups is 1. The summed E-state index contributed by atoms with van der Waals surface area (Å²) in [5.74, 6) is 0.695. The summed E-state index contributed by atoms with van der Waals surface area (Å²) in [6, 6.07) is 0. The molecule has 22 heavy (non-hydrogen) atoms. The van der Waals surface area contributed by atoms with Gasteiger partial charge in [0.1, 0.15) is 5.52 Å². The van der Waals surface area contributed by atoms with Crippen LogP contribution in [0.2, 0.25) is 5.28 Å². The van der Waals surface area contributed by atoms with Crippen molar-refractivity contribution in [3.05, 3.63) is 11.6 Å². The van der Waals surface area contributed by atoms with E-state index in [1.165, 1.54) is 0 Å². The number of halogens is 1. The van der Waals surface area contributed by atoms with Crippen LogP contribution in [0.25, 0.3) is 11.2 Å². The monoisotopic (exact) mass is 324 g/mol. The number of aromatic nitrogens is 4. The molecule has 9 heteroatoms. The van der Waals surface area contributed by atoms with Crippen LogP contribution in [0, 0.1) is 5.92 Å². The Balaban J connectivity index is 1.70. The van der Waals surface area contributed by atoms with Crippen molar-refractivity contribution in [3.63, 3.8) is 0 Å². The summed E-state index contributed by atoms with van der Waals surface area (Å²) in [6.07, 6.45) is 3.03. The highest BCUT2D eigenvalue weighted by molar-refractivity contribution is 6.28. The number of hydrogen-bond acceptors (Lipinski definition) is 6. The SMILES string of the molecule is O=C(NCCO)C1CCN(c2nc(Cl)nc3nc[nH]c23)CC1. The summed E-state index contributed by atoms with van der Waals surface area (Å²) in [7, 11) is 0. The average Bonchev–Trinajstić information content (AvgIpc) is 3.00. The van der Waals surface area contributed by atoms with E-state index < -0.39 is 0 Å². The largest absolute Gasteiger partial charge is 0.395 e. The summed E-state index contributed by atoms with van der Waals surface area (Å²) in [5.41, 5.74) is 1.30. The van der Waals surface area contributed by atoms with E-state index in [0.717, 1.165) is 24.2 Å². The second-order valence-electron chi connectivity index (χ2n) is 5.19. The van der Waals surface area contributed by atoms with Crippen molar-refractivity contribution in [1.82, 2.24) is 25.3 Å². The third kappa shape index (κ3) is 2.97. The highest BCUT2D eigenvalue weighted by atomic mass is 35.5. The molecule has 0 aliphatic carbocycles. The van der Waals surface area contributed by atoms with Gasteiger partial charge < -0.3 is 20.3 Å². The molecular formula is C13H17ClN6O2. The van der Waals surface area contributed by atoms with Crippen LogP contribution in [0.3, 0.4) is 0 Å². The number of piperidine rings is 1. The van der Waals surface area contributed by atoms with Crippen molar-refractivity contribution in [2.75, 3.05) is 31.1 Å². The van der Waals surface area contributed by atoms with Gasteiger partial charge in [0.15, 0.2) is 11.5 Å². The van der Waals surface area contributed by atoms with Gasteiger partial charge in [0.25, 0.3) is 0 Å². The molecule has 0 spiro atoms. The third-order valence-electron chi connectivity index (χ3n) is 3.82. The third-order valence-corrected chi connectivity index (χ3v) is 3.98. The number of fused-ring (bicyclic) bond motifs is 1. The Morgan fingerprint density at radius 3 is 2.95 bits per heavy atom. The van der Waals surface area contributed by atoms with Crippen molar-refractivity contribution in [2.45, 2.75) is 12.8 Å². The zero-order valence-electron chi connectivity index (χ0n) is 11.9. The number of nitrogens with zero attached hydrogens (tertiary/aromatic N) is 4. The van der Waals surface area contributed by atoms with Crippen molar-refractivity contribution in [3.8, 4) is 0 Å². The molecule has 0 radical (unpaired) electrons. The highest BCUT2D eigenvalue weighted by Crippen LogP contribution is 2.27. The first-order valence-electron chi connectivity index (χ1n) is 7.19. The maximum atomic E-state index is 11.9. The minimum atomic E-state index is -0.0399. The van der Waals surface area contributed by atoms with Crippen molar-refractivity contribution in [1.29, 1.82) is 0 Å². The first-order chi connectivity index (χ1) is 10.7. The molecule has 0 aromatic carbocycles. The molecule has 0 unspecified atom stereocenters. The molecule has 1 amide bonds. The van der Waals surface area contributed by atoms with E-state index in [2.05, 4.69) is 30.2 Å². The number of aromatic amines is 1. The molecule has 0 saturated carbocycles. The van der Waals surface area contributed by atoms with Gasteiger partial charge in [-0.1, -0.05) is 0 Å². The molecule has 3 rings (SSSR count). The van der Waals surface area contributed by atoms with Crippen molar-refractivity contribution >= 4 is 34.5 Å². The number of nitrogens with one attached hydrogen (secondary N) is 2. The molecule has 3 N–H and O–H groups in total. The maximum absolute atomic E-state index is 11.9. The van der Waals surface area contributed by atoms with Crippen LogP contribution >= 0.6 is 11.6 Å². The predicted octanol–water partition coefficient (Wildman–Crippen LogP) is 0.331. The van der Waals surface area contributed by atoms with Gasteiger partial charge in [-0.05, 0) is 24.4 Å². The standard InChI is InChI=1S/C13H17ClN6O2/c14-13-18-10-9(16-7-17-10)11(19-13)20-4-1-8(2-5-20)12(22)15-3-6-21/h7-8,21H,1-6H2,(H,15,22)(H,16,17,18,19). The lowest BCUT2D eigenvalue weighted by atomic mass is 9.96. The smallest absolute Gasteiger partial charge is 0.226 e. The second kappa shape index (κ2) is 6.45. The molecule has 1 fully saturated rings. The second-order valence-corrected chi connectivity index (χ2v) is 5.53. The fourth-order valence-electron chi connectivity index (χ4n) is 2.70. The van der Waals surface area contributed by atoms with Gasteiger partial charge in [-0.25, -0.2) is 4.98 Å². The lowest BCUT2D eigenvalue weighted by molar-refractivity contribution is -0.125. The number of carbonyl (C=O) groups is 1. The number of amides is 1. The molecule has 2 aromatic heterocycles. The molecule has 118 valence electrons. The number of aliphatic hydroxyl groups excluding tert-OH is 1. The first kappa shape index (κ1) is 15.0. The molecule has 3 heterocycles. The normalized spacial score (nSPS) is 16.2. The topological polar surface area (TPSA) is 107 Å². The lowest BCUT2D eigenvalue weighted by Gasteiger charge is -2.32. The van der Waals surface area contributed by atoms with Crippen LogP contribution in [0.5, 0.6) is 0 Å². The minimum Gasteiger partial charge on any atom is -0.395 e. The molecule has 1 aliphatic rings. The Labute approximate surface area is 131 Å². The Hall–Kier alpha value is -1.93. The fourth-order valence-corrected chi connectivity index (χ4v) is 2.86. The Morgan fingerprint density at radius 2 is 2.23 bits per heavy atom. The molecular weight excluding hydrogens is 308 g/mol. The Morgan fingerprint density at radius 1 is 1.45 bits per heavy atom. The summed E-state index contributed by atoms with van der Waals surface area (Å²) in [6.45, 7) is 1.68. The van der Waals surface area contributed by atoms with Crippen molar-refractivity contribution < 1.29 is 9.90 Å². The van der Waals surface area contributed by atoms with Gasteiger partial charge in [-0.2, -0.15) is 9.97 Å². The van der Waals surface area contributed by atoms with E-state index in [1.54, 1.807) is 6.33 Å². The Kier molecular flexibility index (Phi) is 4.39. The number of carbonyl (C=O) groups excluding carboxylic acids is 1. The molecule has 2 aromatic rings. The van der Waals surface area contributed by atoms with Gasteiger partial charge >= 0.3 is 0 Å². The number of imidazole rings is 1. The number of hydrogen-bond donors (Lipinski definition) is 3.